The van der Waals surface area contributed by atoms with Crippen molar-refractivity contribution in [3.05, 3.63) is 70.3 Å². The van der Waals surface area contributed by atoms with E-state index in [-0.39, 0.29) is 24.6 Å². The molecule has 2 aromatic carbocycles. The van der Waals surface area contributed by atoms with Crippen LogP contribution in [0.3, 0.4) is 0 Å². The molecule has 1 aliphatic rings. The van der Waals surface area contributed by atoms with Crippen molar-refractivity contribution in [3.63, 3.8) is 0 Å². The third-order valence-corrected chi connectivity index (χ3v) is 5.27. The van der Waals surface area contributed by atoms with Gasteiger partial charge in [0.05, 0.1) is 11.7 Å². The van der Waals surface area contributed by atoms with Gasteiger partial charge in [-0.3, -0.25) is 0 Å². The van der Waals surface area contributed by atoms with Crippen LogP contribution >= 0.6 is 0 Å². The number of hydrogen-bond acceptors (Lipinski definition) is 3. The topological polar surface area (TPSA) is 58.3 Å². The maximum Gasteiger partial charge on any atom is 0.416 e. The van der Waals surface area contributed by atoms with E-state index in [2.05, 4.69) is 5.32 Å². The van der Waals surface area contributed by atoms with Gasteiger partial charge in [-0.25, -0.2) is 8.78 Å². The molecular formula is C21H23F5N2O. The van der Waals surface area contributed by atoms with Gasteiger partial charge in [0.2, 0.25) is 0 Å². The highest BCUT2D eigenvalue weighted by Crippen LogP contribution is 2.39. The van der Waals surface area contributed by atoms with Crippen LogP contribution in [0.2, 0.25) is 0 Å². The summed E-state index contributed by atoms with van der Waals surface area (Å²) < 4.78 is 66.4. The first kappa shape index (κ1) is 21.7. The number of hydrogen-bond donors (Lipinski definition) is 3. The van der Waals surface area contributed by atoms with Crippen LogP contribution in [0, 0.1) is 11.6 Å². The van der Waals surface area contributed by atoms with Gasteiger partial charge in [-0.15, -0.1) is 0 Å². The predicted octanol–water partition coefficient (Wildman–Crippen LogP) is 3.88. The summed E-state index contributed by atoms with van der Waals surface area (Å²) in [5.74, 6) is -1.45. The Kier molecular flexibility index (Phi) is 6.55. The molecule has 0 radical (unpaired) electrons. The fourth-order valence-corrected chi connectivity index (χ4v) is 3.88. The summed E-state index contributed by atoms with van der Waals surface area (Å²) in [7, 11) is 0. The van der Waals surface area contributed by atoms with E-state index in [4.69, 9.17) is 5.73 Å². The lowest BCUT2D eigenvalue weighted by molar-refractivity contribution is -0.138. The molecule has 3 rings (SSSR count). The summed E-state index contributed by atoms with van der Waals surface area (Å²) in [6.07, 6.45) is -3.77. The Hall–Kier alpha value is -2.03. The van der Waals surface area contributed by atoms with Crippen molar-refractivity contribution in [3.8, 4) is 0 Å². The molecule has 8 heteroatoms. The number of halogens is 5. The van der Waals surface area contributed by atoms with Gasteiger partial charge in [-0.1, -0.05) is 12.1 Å². The van der Waals surface area contributed by atoms with Gasteiger partial charge in [0.15, 0.2) is 0 Å². The minimum Gasteiger partial charge on any atom is -0.390 e. The van der Waals surface area contributed by atoms with E-state index >= 15 is 0 Å². The van der Waals surface area contributed by atoms with Crippen LogP contribution in [-0.2, 0) is 19.0 Å². The van der Waals surface area contributed by atoms with E-state index in [0.29, 0.717) is 30.4 Å². The van der Waals surface area contributed by atoms with Gasteiger partial charge in [-0.05, 0) is 60.6 Å². The molecule has 4 N–H and O–H groups in total. The van der Waals surface area contributed by atoms with Crippen molar-refractivity contribution in [2.24, 2.45) is 5.73 Å². The smallest absolute Gasteiger partial charge is 0.390 e. The molecule has 1 unspecified atom stereocenters. The lowest BCUT2D eigenvalue weighted by Crippen LogP contribution is -2.44. The van der Waals surface area contributed by atoms with Crippen LogP contribution in [0.1, 0.15) is 41.1 Å². The number of nitrogens with one attached hydrogen (secondary N) is 1. The van der Waals surface area contributed by atoms with Crippen molar-refractivity contribution in [1.82, 2.24) is 5.32 Å². The maximum atomic E-state index is 13.3. The van der Waals surface area contributed by atoms with Gasteiger partial charge in [0, 0.05) is 24.7 Å². The quantitative estimate of drug-likeness (QED) is 0.629. The first-order valence-corrected chi connectivity index (χ1v) is 9.46. The third kappa shape index (κ3) is 5.32. The minimum absolute atomic E-state index is 0.0549. The van der Waals surface area contributed by atoms with E-state index in [1.807, 2.05) is 0 Å². The first-order chi connectivity index (χ1) is 13.6. The standard InChI is InChI=1S/C21H23F5N2O/c22-13-7-12(8-14(23)10-13)9-18(27)20(29)11-28-19-6-2-3-15-16(19)4-1-5-17(15)21(24,25)26/h1,4-5,7-8,10,18-20,28-29H,2-3,6,9,11,27H2/t18?,19-,20+/m0/s1. The number of aliphatic hydroxyl groups is 1. The van der Waals surface area contributed by atoms with Gasteiger partial charge in [0.1, 0.15) is 11.6 Å². The van der Waals surface area contributed by atoms with Crippen LogP contribution in [0.15, 0.2) is 36.4 Å². The molecule has 0 saturated heterocycles. The second kappa shape index (κ2) is 8.77. The van der Waals surface area contributed by atoms with Gasteiger partial charge in [-0.2, -0.15) is 13.2 Å². The molecule has 0 amide bonds. The maximum absolute atomic E-state index is 13.3. The molecule has 0 bridgehead atoms. The Bertz CT molecular complexity index is 835. The van der Waals surface area contributed by atoms with E-state index in [1.54, 1.807) is 6.07 Å². The molecule has 29 heavy (non-hydrogen) atoms. The molecular weight excluding hydrogens is 391 g/mol. The molecule has 0 aromatic heterocycles. The molecule has 3 atom stereocenters. The molecule has 0 heterocycles. The van der Waals surface area contributed by atoms with Crippen LogP contribution in [0.25, 0.3) is 0 Å². The van der Waals surface area contributed by atoms with Crippen LogP contribution in [0.4, 0.5) is 22.0 Å². The van der Waals surface area contributed by atoms with Gasteiger partial charge >= 0.3 is 6.18 Å². The lowest BCUT2D eigenvalue weighted by Gasteiger charge is -2.30. The molecule has 0 spiro atoms. The molecule has 0 saturated carbocycles. The fourth-order valence-electron chi connectivity index (χ4n) is 3.88. The Morgan fingerprint density at radius 1 is 1.14 bits per heavy atom. The number of benzene rings is 2. The Morgan fingerprint density at radius 3 is 2.48 bits per heavy atom. The highest BCUT2D eigenvalue weighted by molar-refractivity contribution is 5.40. The monoisotopic (exact) mass is 414 g/mol. The third-order valence-electron chi connectivity index (χ3n) is 5.27. The van der Waals surface area contributed by atoms with Gasteiger partial charge in [0.25, 0.3) is 0 Å². The van der Waals surface area contributed by atoms with Crippen molar-refractivity contribution in [2.75, 3.05) is 6.54 Å². The molecule has 0 aliphatic heterocycles. The highest BCUT2D eigenvalue weighted by Gasteiger charge is 2.36. The van der Waals surface area contributed by atoms with Crippen molar-refractivity contribution in [2.45, 2.75) is 50.0 Å². The number of aliphatic hydroxyl groups excluding tert-OH is 1. The average molecular weight is 414 g/mol. The average Bonchev–Trinajstić information content (AvgIpc) is 2.63. The predicted molar refractivity (Wildman–Crippen MR) is 99.2 cm³/mol. The van der Waals surface area contributed by atoms with Crippen LogP contribution in [-0.4, -0.2) is 23.8 Å². The summed E-state index contributed by atoms with van der Waals surface area (Å²) in [5, 5.41) is 13.4. The zero-order valence-electron chi connectivity index (χ0n) is 15.6. The molecule has 158 valence electrons. The summed E-state index contributed by atoms with van der Waals surface area (Å²) in [4.78, 5) is 0. The summed E-state index contributed by atoms with van der Waals surface area (Å²) in [6, 6.07) is 6.10. The number of rotatable bonds is 6. The summed E-state index contributed by atoms with van der Waals surface area (Å²) in [5.41, 5.74) is 6.54. The van der Waals surface area contributed by atoms with Crippen molar-refractivity contribution in [1.29, 1.82) is 0 Å². The van der Waals surface area contributed by atoms with E-state index in [9.17, 15) is 27.1 Å². The van der Waals surface area contributed by atoms with Crippen LogP contribution < -0.4 is 11.1 Å². The van der Waals surface area contributed by atoms with E-state index in [1.165, 1.54) is 6.07 Å². The van der Waals surface area contributed by atoms with Crippen LogP contribution in [0.5, 0.6) is 0 Å². The normalized spacial score (nSPS) is 18.9. The fraction of sp³-hybridized carbons (Fsp3) is 0.429. The number of nitrogens with two attached hydrogens (primary N) is 1. The summed E-state index contributed by atoms with van der Waals surface area (Å²) in [6.45, 7) is 0.0549. The SMILES string of the molecule is NC(Cc1cc(F)cc(F)c1)[C@H](O)CN[C@H]1CCCc2c1cccc2C(F)(F)F. The summed E-state index contributed by atoms with van der Waals surface area (Å²) >= 11 is 0. The van der Waals surface area contributed by atoms with E-state index < -0.39 is 35.5 Å². The molecule has 3 nitrogen and oxygen atoms in total. The van der Waals surface area contributed by atoms with E-state index in [0.717, 1.165) is 24.3 Å². The zero-order chi connectivity index (χ0) is 21.2. The van der Waals surface area contributed by atoms with Crippen molar-refractivity contribution < 1.29 is 27.1 Å². The molecule has 1 aliphatic carbocycles. The Balaban J connectivity index is 1.65. The second-order valence-electron chi connectivity index (χ2n) is 7.44. The largest absolute Gasteiger partial charge is 0.416 e. The second-order valence-corrected chi connectivity index (χ2v) is 7.44. The molecule has 0 fully saturated rings. The minimum atomic E-state index is -4.41. The highest BCUT2D eigenvalue weighted by atomic mass is 19.4. The number of fused-ring (bicyclic) bond motifs is 1. The zero-order valence-corrected chi connectivity index (χ0v) is 15.6. The first-order valence-electron chi connectivity index (χ1n) is 9.46. The Morgan fingerprint density at radius 2 is 1.83 bits per heavy atom. The molecule has 2 aromatic rings. The lowest BCUT2D eigenvalue weighted by atomic mass is 9.84. The Labute approximate surface area is 165 Å². The van der Waals surface area contributed by atoms with Gasteiger partial charge < -0.3 is 16.2 Å². The van der Waals surface area contributed by atoms with Crippen molar-refractivity contribution >= 4 is 0 Å². The number of alkyl halides is 3.